The number of allylic oxidation sites excluding steroid dienone is 1. The van der Waals surface area contributed by atoms with Gasteiger partial charge in [-0.15, -0.1) is 24.9 Å². The maximum absolute atomic E-state index is 15.2. The van der Waals surface area contributed by atoms with Crippen LogP contribution < -0.4 is 4.90 Å². The number of aliphatic hydroxyl groups excluding tert-OH is 1. The number of amides is 2. The number of nitrogens with zero attached hydrogens (tertiary/aromatic N) is 2. The molecule has 246 valence electrons. The summed E-state index contributed by atoms with van der Waals surface area (Å²) in [5.41, 5.74) is 1.67. The molecule has 47 heavy (non-hydrogen) atoms. The third kappa shape index (κ3) is 5.91. The Balaban J connectivity index is 1.41. The fourth-order valence-corrected chi connectivity index (χ4v) is 10.5. The number of anilines is 1. The molecule has 7 nitrogen and oxygen atoms in total. The van der Waals surface area contributed by atoms with E-state index in [1.54, 1.807) is 27.6 Å². The van der Waals surface area contributed by atoms with Gasteiger partial charge in [-0.25, -0.2) is 0 Å². The molecule has 0 radical (unpaired) electrons. The van der Waals surface area contributed by atoms with Crippen molar-refractivity contribution in [1.29, 1.82) is 0 Å². The SMILES string of the molecule is C=CCCCCOC(=O)[C@@H]1[C@@H]2CC(C)C3(S2)C(C(=O)N(CC=C)c2ccc4ccccc4c2)N([C@@H](CO)Cc2ccccc2)C(=O)[C@H]13. The number of fused-ring (bicyclic) bond motifs is 2. The summed E-state index contributed by atoms with van der Waals surface area (Å²) >= 11 is 1.62. The minimum Gasteiger partial charge on any atom is -0.465 e. The monoisotopic (exact) mass is 652 g/mol. The van der Waals surface area contributed by atoms with Gasteiger partial charge in [0.05, 0.1) is 35.8 Å². The molecule has 0 saturated carbocycles. The number of thioether (sulfide) groups is 1. The van der Waals surface area contributed by atoms with Crippen molar-refractivity contribution in [3.8, 4) is 0 Å². The van der Waals surface area contributed by atoms with Crippen LogP contribution in [0.25, 0.3) is 10.8 Å². The second-order valence-electron chi connectivity index (χ2n) is 13.0. The number of carbonyl (C=O) groups is 3. The lowest BCUT2D eigenvalue weighted by Gasteiger charge is -2.42. The lowest BCUT2D eigenvalue weighted by Crippen LogP contribution is -2.59. The van der Waals surface area contributed by atoms with Gasteiger partial charge in [0, 0.05) is 17.5 Å². The molecule has 0 aliphatic carbocycles. The molecule has 3 unspecified atom stereocenters. The number of hydrogen-bond donors (Lipinski definition) is 1. The lowest BCUT2D eigenvalue weighted by atomic mass is 9.66. The van der Waals surface area contributed by atoms with Crippen LogP contribution in [0, 0.1) is 17.8 Å². The van der Waals surface area contributed by atoms with Gasteiger partial charge in [0.2, 0.25) is 5.91 Å². The summed E-state index contributed by atoms with van der Waals surface area (Å²) in [5.74, 6) is -2.20. The van der Waals surface area contributed by atoms with Crippen LogP contribution in [0.4, 0.5) is 5.69 Å². The highest BCUT2D eigenvalue weighted by molar-refractivity contribution is 8.02. The fourth-order valence-electron chi connectivity index (χ4n) is 8.14. The molecule has 2 amide bonds. The molecule has 6 rings (SSSR count). The normalized spacial score (nSPS) is 26.6. The van der Waals surface area contributed by atoms with Gasteiger partial charge in [0.25, 0.3) is 5.91 Å². The zero-order chi connectivity index (χ0) is 33.1. The maximum atomic E-state index is 15.2. The van der Waals surface area contributed by atoms with Crippen LogP contribution in [0.15, 0.2) is 98.1 Å². The van der Waals surface area contributed by atoms with E-state index >= 15 is 4.79 Å². The van der Waals surface area contributed by atoms with E-state index < -0.39 is 28.7 Å². The smallest absolute Gasteiger partial charge is 0.310 e. The predicted octanol–water partition coefficient (Wildman–Crippen LogP) is 6.20. The fraction of sp³-hybridized carbons (Fsp3) is 0.410. The summed E-state index contributed by atoms with van der Waals surface area (Å²) in [6.07, 6.45) is 7.09. The van der Waals surface area contributed by atoms with Crippen LogP contribution in [0.5, 0.6) is 0 Å². The Morgan fingerprint density at radius 1 is 1.06 bits per heavy atom. The first kappa shape index (κ1) is 33.0. The summed E-state index contributed by atoms with van der Waals surface area (Å²) < 4.78 is 4.97. The van der Waals surface area contributed by atoms with E-state index in [2.05, 4.69) is 20.1 Å². The molecule has 7 atom stereocenters. The lowest BCUT2D eigenvalue weighted by molar-refractivity contribution is -0.155. The van der Waals surface area contributed by atoms with E-state index in [-0.39, 0.29) is 42.1 Å². The molecule has 1 spiro atoms. The summed E-state index contributed by atoms with van der Waals surface area (Å²) in [6, 6.07) is 22.1. The first-order chi connectivity index (χ1) is 22.8. The minimum absolute atomic E-state index is 0.0136. The Hall–Kier alpha value is -3.88. The first-order valence-corrected chi connectivity index (χ1v) is 17.6. The van der Waals surface area contributed by atoms with Gasteiger partial charge in [0.15, 0.2) is 0 Å². The Bertz CT molecular complexity index is 1640. The van der Waals surface area contributed by atoms with E-state index in [4.69, 9.17) is 4.74 Å². The topological polar surface area (TPSA) is 87.2 Å². The van der Waals surface area contributed by atoms with Gasteiger partial charge >= 0.3 is 5.97 Å². The van der Waals surface area contributed by atoms with Crippen molar-refractivity contribution >= 4 is 46.0 Å². The van der Waals surface area contributed by atoms with E-state index in [1.165, 1.54) is 0 Å². The highest BCUT2D eigenvalue weighted by Crippen LogP contribution is 2.69. The molecule has 8 heteroatoms. The summed E-state index contributed by atoms with van der Waals surface area (Å²) in [7, 11) is 0. The zero-order valence-corrected chi connectivity index (χ0v) is 27.8. The molecule has 3 saturated heterocycles. The van der Waals surface area contributed by atoms with Crippen LogP contribution in [-0.4, -0.2) is 69.6 Å². The number of unbranched alkanes of at least 4 members (excludes halogenated alkanes) is 2. The summed E-state index contributed by atoms with van der Waals surface area (Å²) in [4.78, 5) is 47.2. The van der Waals surface area contributed by atoms with Crippen LogP contribution in [0.3, 0.4) is 0 Å². The Morgan fingerprint density at radius 3 is 2.53 bits per heavy atom. The molecular formula is C39H44N2O5S. The van der Waals surface area contributed by atoms with Crippen molar-refractivity contribution in [2.75, 3.05) is 24.7 Å². The number of carbonyl (C=O) groups excluding carboxylic acids is 3. The molecule has 3 aromatic rings. The third-order valence-electron chi connectivity index (χ3n) is 10.3. The summed E-state index contributed by atoms with van der Waals surface area (Å²) in [6.45, 7) is 10.0. The Labute approximate surface area is 281 Å². The van der Waals surface area contributed by atoms with Crippen molar-refractivity contribution in [2.24, 2.45) is 17.8 Å². The van der Waals surface area contributed by atoms with Crippen molar-refractivity contribution in [3.05, 3.63) is 104 Å². The minimum atomic E-state index is -0.886. The number of rotatable bonds is 14. The molecule has 1 N–H and O–H groups in total. The molecular weight excluding hydrogens is 609 g/mol. The van der Waals surface area contributed by atoms with Crippen molar-refractivity contribution in [3.63, 3.8) is 0 Å². The first-order valence-electron chi connectivity index (χ1n) is 16.7. The van der Waals surface area contributed by atoms with E-state index in [1.807, 2.05) is 78.9 Å². The van der Waals surface area contributed by atoms with Gasteiger partial charge in [-0.2, -0.15) is 0 Å². The van der Waals surface area contributed by atoms with E-state index in [0.717, 1.165) is 35.6 Å². The molecule has 3 heterocycles. The van der Waals surface area contributed by atoms with Gasteiger partial charge in [0.1, 0.15) is 6.04 Å². The van der Waals surface area contributed by atoms with Crippen LogP contribution in [-0.2, 0) is 25.5 Å². The Kier molecular flexibility index (Phi) is 9.90. The van der Waals surface area contributed by atoms with Crippen molar-refractivity contribution < 1.29 is 24.2 Å². The number of hydrogen-bond acceptors (Lipinski definition) is 6. The molecule has 3 aliphatic heterocycles. The maximum Gasteiger partial charge on any atom is 0.310 e. The van der Waals surface area contributed by atoms with Crippen LogP contribution in [0.1, 0.15) is 38.2 Å². The van der Waals surface area contributed by atoms with E-state index in [9.17, 15) is 14.7 Å². The van der Waals surface area contributed by atoms with Gasteiger partial charge in [-0.1, -0.05) is 79.7 Å². The number of esters is 1. The molecule has 3 fully saturated rings. The second-order valence-corrected chi connectivity index (χ2v) is 14.6. The molecule has 0 aromatic heterocycles. The number of benzene rings is 3. The van der Waals surface area contributed by atoms with Crippen LogP contribution in [0.2, 0.25) is 0 Å². The second kappa shape index (κ2) is 14.1. The number of likely N-dealkylation sites (tertiary alicyclic amines) is 1. The van der Waals surface area contributed by atoms with Crippen LogP contribution >= 0.6 is 11.8 Å². The largest absolute Gasteiger partial charge is 0.465 e. The molecule has 3 aromatic carbocycles. The molecule has 2 bridgehead atoms. The Morgan fingerprint density at radius 2 is 1.81 bits per heavy atom. The zero-order valence-electron chi connectivity index (χ0n) is 27.0. The van der Waals surface area contributed by atoms with Gasteiger partial charge in [-0.3, -0.25) is 14.4 Å². The van der Waals surface area contributed by atoms with Crippen molar-refractivity contribution in [2.45, 2.75) is 61.1 Å². The van der Waals surface area contributed by atoms with Gasteiger partial charge < -0.3 is 19.6 Å². The highest BCUT2D eigenvalue weighted by Gasteiger charge is 2.77. The van der Waals surface area contributed by atoms with Gasteiger partial charge in [-0.05, 0) is 66.5 Å². The van der Waals surface area contributed by atoms with Crippen molar-refractivity contribution in [1.82, 2.24) is 4.90 Å². The third-order valence-corrected chi connectivity index (χ3v) is 12.4. The number of ether oxygens (including phenoxy) is 1. The number of aliphatic hydroxyl groups is 1. The average Bonchev–Trinajstić information content (AvgIpc) is 3.69. The quantitative estimate of drug-likeness (QED) is 0.127. The summed E-state index contributed by atoms with van der Waals surface area (Å²) in [5, 5.41) is 12.8. The predicted molar refractivity (Wildman–Crippen MR) is 188 cm³/mol. The highest BCUT2D eigenvalue weighted by atomic mass is 32.2. The molecule has 3 aliphatic rings. The van der Waals surface area contributed by atoms with E-state index in [0.29, 0.717) is 25.1 Å². The average molecular weight is 653 g/mol. The standard InChI is InChI=1S/C39H44N2O5S/c1-4-6-7-13-21-46-38(45)33-32-22-26(3)39(47-32)34(33)36(43)41(31(25-42)23-27-14-9-8-10-15-27)35(39)37(44)40(20-5-2)30-19-18-28-16-11-12-17-29(28)24-30/h4-5,8-12,14-19,24,26,31-35,42H,1-2,6-7,13,20-23,25H2,3H3/t26?,31-,32+,33-,34+,35?,39?/m1/s1.